The van der Waals surface area contributed by atoms with Gasteiger partial charge in [0.25, 0.3) is 11.6 Å². The fourth-order valence-electron chi connectivity index (χ4n) is 2.47. The minimum Gasteiger partial charge on any atom is -0.348 e. The molecule has 0 saturated heterocycles. The van der Waals surface area contributed by atoms with Gasteiger partial charge in [0, 0.05) is 29.3 Å². The Balaban J connectivity index is 1.74. The molecular weight excluding hydrogens is 358 g/mol. The summed E-state index contributed by atoms with van der Waals surface area (Å²) in [4.78, 5) is 26.6. The molecule has 3 aromatic rings. The van der Waals surface area contributed by atoms with E-state index in [4.69, 9.17) is 11.6 Å². The van der Waals surface area contributed by atoms with Crippen LogP contribution in [0.25, 0.3) is 5.69 Å². The fraction of sp³-hybridized carbons (Fsp3) is 0.118. The molecule has 26 heavy (non-hydrogen) atoms. The number of nitrogens with one attached hydrogen (secondary N) is 1. The molecule has 3 rings (SSSR count). The first-order valence-electron chi connectivity index (χ1n) is 7.62. The van der Waals surface area contributed by atoms with Gasteiger partial charge in [-0.3, -0.25) is 14.9 Å². The van der Waals surface area contributed by atoms with E-state index in [1.807, 2.05) is 6.92 Å². The van der Waals surface area contributed by atoms with Gasteiger partial charge in [-0.05, 0) is 42.3 Å². The minimum absolute atomic E-state index is 0.0771. The third kappa shape index (κ3) is 3.70. The predicted octanol–water partition coefficient (Wildman–Crippen LogP) is 3.07. The van der Waals surface area contributed by atoms with E-state index in [0.717, 1.165) is 11.3 Å². The van der Waals surface area contributed by atoms with Crippen LogP contribution in [0.15, 0.2) is 49.1 Å². The van der Waals surface area contributed by atoms with Crippen LogP contribution in [0.2, 0.25) is 5.02 Å². The normalized spacial score (nSPS) is 10.5. The summed E-state index contributed by atoms with van der Waals surface area (Å²) in [5, 5.41) is 18.0. The van der Waals surface area contributed by atoms with Gasteiger partial charge in [-0.1, -0.05) is 11.6 Å². The van der Waals surface area contributed by atoms with Crippen LogP contribution in [-0.4, -0.2) is 25.6 Å². The average molecular weight is 372 g/mol. The van der Waals surface area contributed by atoms with Crippen molar-refractivity contribution in [2.24, 2.45) is 0 Å². The van der Waals surface area contributed by atoms with Gasteiger partial charge in [0.2, 0.25) is 0 Å². The number of carbonyl (C=O) groups is 1. The van der Waals surface area contributed by atoms with Crippen molar-refractivity contribution in [1.82, 2.24) is 20.1 Å². The molecule has 2 aromatic carbocycles. The van der Waals surface area contributed by atoms with Crippen molar-refractivity contribution in [3.05, 3.63) is 80.9 Å². The van der Waals surface area contributed by atoms with Crippen molar-refractivity contribution in [3.8, 4) is 5.69 Å². The van der Waals surface area contributed by atoms with Crippen LogP contribution >= 0.6 is 11.6 Å². The van der Waals surface area contributed by atoms with Gasteiger partial charge in [0.15, 0.2) is 0 Å². The lowest BCUT2D eigenvalue weighted by molar-refractivity contribution is -0.384. The second kappa shape index (κ2) is 7.32. The molecule has 1 heterocycles. The smallest absolute Gasteiger partial charge is 0.269 e. The van der Waals surface area contributed by atoms with Gasteiger partial charge < -0.3 is 5.32 Å². The van der Waals surface area contributed by atoms with Crippen LogP contribution in [0.5, 0.6) is 0 Å². The van der Waals surface area contributed by atoms with Gasteiger partial charge in [-0.2, -0.15) is 5.10 Å². The third-order valence-corrected chi connectivity index (χ3v) is 4.17. The van der Waals surface area contributed by atoms with Crippen molar-refractivity contribution >= 4 is 23.2 Å². The summed E-state index contributed by atoms with van der Waals surface area (Å²) >= 11 is 6.04. The van der Waals surface area contributed by atoms with Crippen molar-refractivity contribution in [1.29, 1.82) is 0 Å². The molecule has 9 heteroatoms. The highest BCUT2D eigenvalue weighted by Gasteiger charge is 2.13. The second-order valence-electron chi connectivity index (χ2n) is 5.56. The maximum Gasteiger partial charge on any atom is 0.269 e. The molecular formula is C17H14ClN5O3. The zero-order valence-electron chi connectivity index (χ0n) is 13.7. The zero-order chi connectivity index (χ0) is 18.7. The third-order valence-electron chi connectivity index (χ3n) is 3.80. The van der Waals surface area contributed by atoms with Gasteiger partial charge in [0.05, 0.1) is 10.6 Å². The number of nitro benzene ring substituents is 1. The molecule has 0 saturated carbocycles. The number of nitrogens with zero attached hydrogens (tertiary/aromatic N) is 4. The number of rotatable bonds is 5. The monoisotopic (exact) mass is 371 g/mol. The molecule has 0 aliphatic carbocycles. The molecule has 0 radical (unpaired) electrons. The van der Waals surface area contributed by atoms with E-state index in [9.17, 15) is 14.9 Å². The topological polar surface area (TPSA) is 103 Å². The molecule has 1 amide bonds. The molecule has 0 aliphatic heterocycles. The maximum atomic E-state index is 12.4. The van der Waals surface area contributed by atoms with E-state index in [2.05, 4.69) is 15.4 Å². The molecule has 0 fully saturated rings. The number of hydrogen-bond acceptors (Lipinski definition) is 5. The predicted molar refractivity (Wildman–Crippen MR) is 95.4 cm³/mol. The van der Waals surface area contributed by atoms with E-state index in [1.54, 1.807) is 29.2 Å². The van der Waals surface area contributed by atoms with Crippen molar-refractivity contribution in [2.45, 2.75) is 13.5 Å². The lowest BCUT2D eigenvalue weighted by Crippen LogP contribution is -2.23. The summed E-state index contributed by atoms with van der Waals surface area (Å²) in [6.07, 6.45) is 3.01. The Morgan fingerprint density at radius 3 is 2.77 bits per heavy atom. The van der Waals surface area contributed by atoms with Gasteiger partial charge >= 0.3 is 0 Å². The number of amides is 1. The van der Waals surface area contributed by atoms with E-state index in [-0.39, 0.29) is 18.1 Å². The Morgan fingerprint density at radius 2 is 2.12 bits per heavy atom. The van der Waals surface area contributed by atoms with Crippen LogP contribution < -0.4 is 5.32 Å². The standard InChI is InChI=1S/C17H14ClN5O3/c1-11-6-12(2-5-16(11)22-10-19-9-21-22)17(24)20-8-13-7-14(23(25)26)3-4-15(13)18/h2-7,9-10H,8H2,1H3,(H,20,24). The quantitative estimate of drug-likeness (QED) is 0.548. The summed E-state index contributed by atoms with van der Waals surface area (Å²) in [6.45, 7) is 1.95. The van der Waals surface area contributed by atoms with E-state index in [1.165, 1.54) is 24.5 Å². The summed E-state index contributed by atoms with van der Waals surface area (Å²) < 4.78 is 1.61. The van der Waals surface area contributed by atoms with Gasteiger partial charge in [-0.25, -0.2) is 9.67 Å². The first-order valence-corrected chi connectivity index (χ1v) is 8.00. The number of non-ortho nitro benzene ring substituents is 1. The maximum absolute atomic E-state index is 12.4. The number of hydrogen-bond donors (Lipinski definition) is 1. The molecule has 0 unspecified atom stereocenters. The molecule has 1 N–H and O–H groups in total. The molecule has 8 nitrogen and oxygen atoms in total. The Hall–Kier alpha value is -3.26. The number of aryl methyl sites for hydroxylation is 1. The van der Waals surface area contributed by atoms with E-state index >= 15 is 0 Å². The van der Waals surface area contributed by atoms with Crippen molar-refractivity contribution in [3.63, 3.8) is 0 Å². The van der Waals surface area contributed by atoms with Crippen LogP contribution in [0, 0.1) is 17.0 Å². The lowest BCUT2D eigenvalue weighted by atomic mass is 10.1. The highest BCUT2D eigenvalue weighted by molar-refractivity contribution is 6.31. The van der Waals surface area contributed by atoms with Crippen molar-refractivity contribution in [2.75, 3.05) is 0 Å². The van der Waals surface area contributed by atoms with Gasteiger partial charge in [0.1, 0.15) is 12.7 Å². The summed E-state index contributed by atoms with van der Waals surface area (Å²) in [6, 6.07) is 9.30. The fourth-order valence-corrected chi connectivity index (χ4v) is 2.66. The Morgan fingerprint density at radius 1 is 1.31 bits per heavy atom. The minimum atomic E-state index is -0.506. The molecule has 132 valence electrons. The first kappa shape index (κ1) is 17.6. The van der Waals surface area contributed by atoms with Crippen LogP contribution in [-0.2, 0) is 6.54 Å². The molecule has 0 spiro atoms. The summed E-state index contributed by atoms with van der Waals surface area (Å²) in [5.74, 6) is -0.305. The number of nitro groups is 1. The van der Waals surface area contributed by atoms with Crippen LogP contribution in [0.4, 0.5) is 5.69 Å². The van der Waals surface area contributed by atoms with Gasteiger partial charge in [-0.15, -0.1) is 0 Å². The first-order chi connectivity index (χ1) is 12.5. The summed E-state index contributed by atoms with van der Waals surface area (Å²) in [5.41, 5.74) is 2.54. The number of halogens is 1. The van der Waals surface area contributed by atoms with Crippen LogP contribution in [0.1, 0.15) is 21.5 Å². The Labute approximate surface area is 153 Å². The number of benzene rings is 2. The molecule has 1 aromatic heterocycles. The SMILES string of the molecule is Cc1cc(C(=O)NCc2cc([N+](=O)[O-])ccc2Cl)ccc1-n1cncn1. The van der Waals surface area contributed by atoms with E-state index < -0.39 is 4.92 Å². The summed E-state index contributed by atoms with van der Waals surface area (Å²) in [7, 11) is 0. The Kier molecular flexibility index (Phi) is 4.94. The lowest BCUT2D eigenvalue weighted by Gasteiger charge is -2.10. The molecule has 0 bridgehead atoms. The largest absolute Gasteiger partial charge is 0.348 e. The molecule has 0 aliphatic rings. The highest BCUT2D eigenvalue weighted by Crippen LogP contribution is 2.22. The second-order valence-corrected chi connectivity index (χ2v) is 5.96. The number of carbonyl (C=O) groups excluding carboxylic acids is 1. The average Bonchev–Trinajstić information content (AvgIpc) is 3.14. The molecule has 0 atom stereocenters. The zero-order valence-corrected chi connectivity index (χ0v) is 14.5. The van der Waals surface area contributed by atoms with Crippen LogP contribution in [0.3, 0.4) is 0 Å². The number of aromatic nitrogens is 3. The highest BCUT2D eigenvalue weighted by atomic mass is 35.5. The van der Waals surface area contributed by atoms with Crippen molar-refractivity contribution < 1.29 is 9.72 Å². The van der Waals surface area contributed by atoms with E-state index in [0.29, 0.717) is 16.1 Å². The Bertz CT molecular complexity index is 973.